The lowest BCUT2D eigenvalue weighted by Gasteiger charge is -2.26. The van der Waals surface area contributed by atoms with E-state index in [0.717, 1.165) is 12.3 Å². The first-order valence-electron chi connectivity index (χ1n) is 6.70. The maximum atomic E-state index is 14.0. The molecule has 0 radical (unpaired) electrons. The lowest BCUT2D eigenvalue weighted by molar-refractivity contribution is -0.259. The average molecular weight is 404 g/mol. The number of hydrogen-bond donors (Lipinski definition) is 1. The number of nitrogens with zero attached hydrogens (tertiary/aromatic N) is 3. The highest BCUT2D eigenvalue weighted by Crippen LogP contribution is 2.38. The fourth-order valence-electron chi connectivity index (χ4n) is 2.21. The van der Waals surface area contributed by atoms with E-state index >= 15 is 0 Å². The molecule has 126 valence electrons. The first-order valence-corrected chi connectivity index (χ1v) is 7.49. The van der Waals surface area contributed by atoms with Crippen LogP contribution >= 0.6 is 15.9 Å². The van der Waals surface area contributed by atoms with Crippen molar-refractivity contribution < 1.29 is 22.7 Å². The molecule has 4 nitrogen and oxygen atoms in total. The van der Waals surface area contributed by atoms with Crippen molar-refractivity contribution in [2.24, 2.45) is 0 Å². The van der Waals surface area contributed by atoms with Gasteiger partial charge in [0.2, 0.25) is 0 Å². The van der Waals surface area contributed by atoms with Crippen LogP contribution < -0.4 is 0 Å². The summed E-state index contributed by atoms with van der Waals surface area (Å²) in [4.78, 5) is 8.03. The van der Waals surface area contributed by atoms with Crippen molar-refractivity contribution in [1.29, 1.82) is 0 Å². The first-order chi connectivity index (χ1) is 11.1. The lowest BCUT2D eigenvalue weighted by Crippen LogP contribution is -2.39. The van der Waals surface area contributed by atoms with E-state index in [2.05, 4.69) is 25.9 Å². The number of alkyl halides is 3. The predicted molar refractivity (Wildman–Crippen MR) is 81.7 cm³/mol. The molecule has 9 heteroatoms. The van der Waals surface area contributed by atoms with Crippen LogP contribution in [0.5, 0.6) is 0 Å². The van der Waals surface area contributed by atoms with Gasteiger partial charge in [0.05, 0.1) is 11.9 Å². The Morgan fingerprint density at radius 1 is 1.17 bits per heavy atom. The van der Waals surface area contributed by atoms with Crippen LogP contribution in [0.1, 0.15) is 12.5 Å². The molecule has 0 aromatic carbocycles. The molecular weight excluding hydrogens is 394 g/mol. The summed E-state index contributed by atoms with van der Waals surface area (Å²) in [6.07, 6.45) is -2.48. The number of aromatic nitrogens is 3. The molecule has 1 N–H and O–H groups in total. The minimum Gasteiger partial charge on any atom is -0.376 e. The van der Waals surface area contributed by atoms with E-state index in [0.29, 0.717) is 17.2 Å². The molecule has 3 heterocycles. The van der Waals surface area contributed by atoms with E-state index < -0.39 is 23.2 Å². The number of halogens is 5. The molecule has 0 bridgehead atoms. The molecule has 1 atom stereocenters. The van der Waals surface area contributed by atoms with Gasteiger partial charge < -0.3 is 5.11 Å². The van der Waals surface area contributed by atoms with Crippen LogP contribution in [0.15, 0.2) is 41.3 Å². The third-order valence-electron chi connectivity index (χ3n) is 3.67. The number of aliphatic hydroxyl groups is 1. The van der Waals surface area contributed by atoms with E-state index in [4.69, 9.17) is 0 Å². The maximum absolute atomic E-state index is 14.0. The fourth-order valence-corrected chi connectivity index (χ4v) is 2.51. The van der Waals surface area contributed by atoms with Crippen molar-refractivity contribution in [1.82, 2.24) is 14.4 Å². The van der Waals surface area contributed by atoms with Crippen LogP contribution in [0.4, 0.5) is 17.6 Å². The molecule has 3 aromatic heterocycles. The van der Waals surface area contributed by atoms with Gasteiger partial charge in [0.1, 0.15) is 15.9 Å². The smallest absolute Gasteiger partial charge is 0.376 e. The number of fused-ring (bicyclic) bond motifs is 1. The van der Waals surface area contributed by atoms with Crippen LogP contribution in [0.2, 0.25) is 0 Å². The minimum atomic E-state index is -4.86. The van der Waals surface area contributed by atoms with Crippen LogP contribution in [0.25, 0.3) is 17.0 Å². The Kier molecular flexibility index (Phi) is 3.88. The molecule has 24 heavy (non-hydrogen) atoms. The summed E-state index contributed by atoms with van der Waals surface area (Å²) in [6.45, 7) is 0.655. The number of rotatable bonds is 2. The van der Waals surface area contributed by atoms with E-state index in [1.807, 2.05) is 0 Å². The van der Waals surface area contributed by atoms with Gasteiger partial charge >= 0.3 is 6.18 Å². The van der Waals surface area contributed by atoms with Gasteiger partial charge in [0, 0.05) is 11.8 Å². The highest BCUT2D eigenvalue weighted by Gasteiger charge is 2.51. The van der Waals surface area contributed by atoms with Gasteiger partial charge in [0.25, 0.3) is 0 Å². The van der Waals surface area contributed by atoms with Crippen molar-refractivity contribution >= 4 is 21.6 Å². The first kappa shape index (κ1) is 16.8. The number of pyridine rings is 2. The molecule has 0 spiro atoms. The Labute approximate surface area is 141 Å². The second-order valence-corrected chi connectivity index (χ2v) is 6.14. The normalized spacial score (nSPS) is 14.8. The third-order valence-corrected chi connectivity index (χ3v) is 4.12. The monoisotopic (exact) mass is 403 g/mol. The largest absolute Gasteiger partial charge is 0.421 e. The van der Waals surface area contributed by atoms with Gasteiger partial charge in [-0.25, -0.2) is 14.4 Å². The Hall–Kier alpha value is -2.00. The zero-order valence-corrected chi connectivity index (χ0v) is 13.7. The van der Waals surface area contributed by atoms with Crippen LogP contribution in [-0.2, 0) is 5.60 Å². The fraction of sp³-hybridized carbons (Fsp3) is 0.200. The van der Waals surface area contributed by atoms with Crippen molar-refractivity contribution in [3.63, 3.8) is 0 Å². The summed E-state index contributed by atoms with van der Waals surface area (Å²) in [5, 5.41) is 9.82. The van der Waals surface area contributed by atoms with E-state index in [-0.39, 0.29) is 11.4 Å². The second kappa shape index (κ2) is 5.52. The van der Waals surface area contributed by atoms with E-state index in [9.17, 15) is 22.7 Å². The standard InChI is InChI=1S/C15H10BrF4N3O/c1-14(24,15(18,19)20)8-2-5-12-21-6-10(23(12)7-8)13-9(17)3-4-11(16)22-13/h2-7,24H,1H3. The molecule has 3 aromatic rings. The lowest BCUT2D eigenvalue weighted by atomic mass is 9.97. The van der Waals surface area contributed by atoms with E-state index in [1.165, 1.54) is 28.8 Å². The van der Waals surface area contributed by atoms with Gasteiger partial charge in [-0.2, -0.15) is 13.2 Å². The highest BCUT2D eigenvalue weighted by atomic mass is 79.9. The molecule has 0 saturated carbocycles. The molecule has 0 aliphatic heterocycles. The number of hydrogen-bond acceptors (Lipinski definition) is 3. The summed E-state index contributed by atoms with van der Waals surface area (Å²) in [7, 11) is 0. The van der Waals surface area contributed by atoms with Crippen molar-refractivity contribution in [2.45, 2.75) is 18.7 Å². The highest BCUT2D eigenvalue weighted by molar-refractivity contribution is 9.10. The average Bonchev–Trinajstić information content (AvgIpc) is 2.91. The molecule has 0 fully saturated rings. The summed E-state index contributed by atoms with van der Waals surface area (Å²) in [5.74, 6) is -0.645. The van der Waals surface area contributed by atoms with Crippen molar-refractivity contribution in [3.8, 4) is 11.4 Å². The third kappa shape index (κ3) is 2.67. The van der Waals surface area contributed by atoms with Gasteiger partial charge in [-0.3, -0.25) is 4.40 Å². The van der Waals surface area contributed by atoms with E-state index in [1.54, 1.807) is 0 Å². The van der Waals surface area contributed by atoms with Gasteiger partial charge in [0.15, 0.2) is 11.4 Å². The second-order valence-electron chi connectivity index (χ2n) is 5.32. The molecule has 0 amide bonds. The molecule has 0 aliphatic rings. The summed E-state index contributed by atoms with van der Waals surface area (Å²) in [6, 6.07) is 5.03. The predicted octanol–water partition coefficient (Wildman–Crippen LogP) is 4.07. The van der Waals surface area contributed by atoms with Crippen LogP contribution in [-0.4, -0.2) is 25.7 Å². The molecule has 3 rings (SSSR count). The Balaban J connectivity index is 2.22. The molecule has 1 unspecified atom stereocenters. The minimum absolute atomic E-state index is 0.0688. The molecule has 0 saturated heterocycles. The Morgan fingerprint density at radius 3 is 2.54 bits per heavy atom. The zero-order valence-electron chi connectivity index (χ0n) is 12.1. The quantitative estimate of drug-likeness (QED) is 0.518. The van der Waals surface area contributed by atoms with Gasteiger partial charge in [-0.1, -0.05) is 6.07 Å². The van der Waals surface area contributed by atoms with Gasteiger partial charge in [-0.05, 0) is 41.1 Å². The Bertz CT molecular complexity index is 921. The Morgan fingerprint density at radius 2 is 1.88 bits per heavy atom. The SMILES string of the molecule is CC(O)(c1ccc2ncc(-c3nc(Br)ccc3F)n2c1)C(F)(F)F. The molecular formula is C15H10BrF4N3O. The van der Waals surface area contributed by atoms with Gasteiger partial charge in [-0.15, -0.1) is 0 Å². The summed E-state index contributed by atoms with van der Waals surface area (Å²) >= 11 is 3.12. The maximum Gasteiger partial charge on any atom is 0.421 e. The summed E-state index contributed by atoms with van der Waals surface area (Å²) < 4.78 is 54.8. The molecule has 0 aliphatic carbocycles. The topological polar surface area (TPSA) is 50.4 Å². The van der Waals surface area contributed by atoms with Crippen molar-refractivity contribution in [2.75, 3.05) is 0 Å². The zero-order chi connectivity index (χ0) is 17.7. The van der Waals surface area contributed by atoms with Crippen LogP contribution in [0.3, 0.4) is 0 Å². The van der Waals surface area contributed by atoms with Crippen molar-refractivity contribution in [3.05, 3.63) is 52.6 Å². The summed E-state index contributed by atoms with van der Waals surface area (Å²) in [5.41, 5.74) is -3.04. The van der Waals surface area contributed by atoms with Crippen LogP contribution in [0, 0.1) is 5.82 Å². The number of imidazole rings is 1.